The van der Waals surface area contributed by atoms with Crippen LogP contribution in [0.2, 0.25) is 0 Å². The number of benzene rings is 3. The van der Waals surface area contributed by atoms with Crippen LogP contribution in [0.3, 0.4) is 0 Å². The summed E-state index contributed by atoms with van der Waals surface area (Å²) in [5, 5.41) is 6.00. The summed E-state index contributed by atoms with van der Waals surface area (Å²) < 4.78 is 15.0. The Balaban J connectivity index is 1.77. The lowest BCUT2D eigenvalue weighted by Crippen LogP contribution is -2.27. The maximum atomic E-state index is 14.3. The smallest absolute Gasteiger partial charge is 0.267 e. The molecule has 0 spiro atoms. The number of amides is 1. The van der Waals surface area contributed by atoms with E-state index in [1.165, 1.54) is 11.1 Å². The number of hydrazone groups is 1. The number of rotatable bonds is 3. The molecule has 1 aliphatic rings. The summed E-state index contributed by atoms with van der Waals surface area (Å²) in [7, 11) is 0. The van der Waals surface area contributed by atoms with Crippen LogP contribution in [-0.4, -0.2) is 16.6 Å². The van der Waals surface area contributed by atoms with Gasteiger partial charge < -0.3 is 0 Å². The van der Waals surface area contributed by atoms with E-state index < -0.39 is 0 Å². The molecule has 1 aliphatic heterocycles. The highest BCUT2D eigenvalue weighted by Gasteiger charge is 2.34. The third-order valence-corrected chi connectivity index (χ3v) is 5.28. The van der Waals surface area contributed by atoms with Gasteiger partial charge in [-0.15, -0.1) is 0 Å². The molecule has 1 unspecified atom stereocenters. The third-order valence-electron chi connectivity index (χ3n) is 4.59. The van der Waals surface area contributed by atoms with Crippen LogP contribution in [-0.2, 0) is 0 Å². The molecule has 134 valence electrons. The van der Waals surface area contributed by atoms with Crippen molar-refractivity contribution in [3.63, 3.8) is 0 Å². The summed E-state index contributed by atoms with van der Waals surface area (Å²) in [5.74, 6) is -0.555. The van der Waals surface area contributed by atoms with Crippen LogP contribution >= 0.6 is 15.9 Å². The van der Waals surface area contributed by atoms with E-state index in [-0.39, 0.29) is 17.8 Å². The van der Waals surface area contributed by atoms with Gasteiger partial charge in [0.25, 0.3) is 5.91 Å². The predicted molar refractivity (Wildman–Crippen MR) is 107 cm³/mol. The molecule has 3 aromatic carbocycles. The van der Waals surface area contributed by atoms with Crippen LogP contribution in [0.5, 0.6) is 0 Å². The van der Waals surface area contributed by atoms with Gasteiger partial charge in [-0.2, -0.15) is 5.10 Å². The molecule has 0 bridgehead atoms. The predicted octanol–water partition coefficient (Wildman–Crippen LogP) is 5.58. The van der Waals surface area contributed by atoms with Crippen LogP contribution in [0.1, 0.15) is 33.9 Å². The molecular formula is C22H16BrFN2O. The quantitative estimate of drug-likeness (QED) is 0.542. The molecule has 0 radical (unpaired) electrons. The highest BCUT2D eigenvalue weighted by molar-refractivity contribution is 9.10. The average molecular weight is 423 g/mol. The van der Waals surface area contributed by atoms with Gasteiger partial charge in [-0.3, -0.25) is 4.79 Å². The highest BCUT2D eigenvalue weighted by atomic mass is 79.9. The van der Waals surface area contributed by atoms with E-state index in [0.717, 1.165) is 5.56 Å². The molecule has 3 aromatic rings. The minimum atomic E-state index is -0.335. The molecule has 0 saturated heterocycles. The average Bonchev–Trinajstić information content (AvgIpc) is 3.14. The maximum absolute atomic E-state index is 14.3. The Labute approximate surface area is 165 Å². The van der Waals surface area contributed by atoms with E-state index >= 15 is 0 Å². The van der Waals surface area contributed by atoms with E-state index in [4.69, 9.17) is 0 Å². The lowest BCUT2D eigenvalue weighted by molar-refractivity contribution is 0.0710. The first-order chi connectivity index (χ1) is 13.1. The molecule has 0 N–H and O–H groups in total. The van der Waals surface area contributed by atoms with E-state index in [1.54, 1.807) is 24.3 Å². The first-order valence-electron chi connectivity index (χ1n) is 8.60. The molecule has 0 saturated carbocycles. The largest absolute Gasteiger partial charge is 0.275 e. The van der Waals surface area contributed by atoms with Gasteiger partial charge in [-0.25, -0.2) is 9.40 Å². The fourth-order valence-corrected chi connectivity index (χ4v) is 3.70. The molecule has 3 nitrogen and oxygen atoms in total. The van der Waals surface area contributed by atoms with Gasteiger partial charge in [0.2, 0.25) is 0 Å². The van der Waals surface area contributed by atoms with Crippen molar-refractivity contribution in [1.29, 1.82) is 0 Å². The van der Waals surface area contributed by atoms with Crippen LogP contribution in [0.4, 0.5) is 4.39 Å². The number of hydrogen-bond donors (Lipinski definition) is 0. The number of carbonyl (C=O) groups is 1. The van der Waals surface area contributed by atoms with Gasteiger partial charge in [-0.1, -0.05) is 60.7 Å². The second-order valence-electron chi connectivity index (χ2n) is 6.29. The summed E-state index contributed by atoms with van der Waals surface area (Å²) >= 11 is 3.44. The molecule has 0 fully saturated rings. The van der Waals surface area contributed by atoms with Crippen LogP contribution < -0.4 is 0 Å². The van der Waals surface area contributed by atoms with E-state index in [9.17, 15) is 9.18 Å². The number of carbonyl (C=O) groups excluding carboxylic acids is 1. The molecule has 0 aliphatic carbocycles. The SMILES string of the molecule is O=C(c1ccccc1Br)N1N=C(c2ccccc2F)CC1c1ccccc1. The molecule has 1 atom stereocenters. The lowest BCUT2D eigenvalue weighted by atomic mass is 9.98. The van der Waals surface area contributed by atoms with Gasteiger partial charge in [0, 0.05) is 16.5 Å². The number of hydrogen-bond acceptors (Lipinski definition) is 2. The minimum Gasteiger partial charge on any atom is -0.267 e. The summed E-state index contributed by atoms with van der Waals surface area (Å²) in [6.45, 7) is 0. The lowest BCUT2D eigenvalue weighted by Gasteiger charge is -2.22. The van der Waals surface area contributed by atoms with Crippen molar-refractivity contribution in [2.75, 3.05) is 0 Å². The summed E-state index contributed by atoms with van der Waals surface area (Å²) in [6, 6.07) is 23.2. The van der Waals surface area contributed by atoms with E-state index in [1.807, 2.05) is 48.5 Å². The van der Waals surface area contributed by atoms with Crippen molar-refractivity contribution >= 4 is 27.5 Å². The zero-order valence-corrected chi connectivity index (χ0v) is 15.9. The third kappa shape index (κ3) is 3.43. The molecule has 0 aromatic heterocycles. The fourth-order valence-electron chi connectivity index (χ4n) is 3.25. The van der Waals surface area contributed by atoms with Crippen molar-refractivity contribution in [3.8, 4) is 0 Å². The van der Waals surface area contributed by atoms with Crippen molar-refractivity contribution in [3.05, 3.63) is 106 Å². The maximum Gasteiger partial charge on any atom is 0.275 e. The number of halogens is 2. The Bertz CT molecular complexity index is 1020. The monoisotopic (exact) mass is 422 g/mol. The Morgan fingerprint density at radius 2 is 1.63 bits per heavy atom. The topological polar surface area (TPSA) is 32.7 Å². The zero-order chi connectivity index (χ0) is 18.8. The highest BCUT2D eigenvalue weighted by Crippen LogP contribution is 2.35. The van der Waals surface area contributed by atoms with Crippen LogP contribution in [0.25, 0.3) is 0 Å². The molecule has 27 heavy (non-hydrogen) atoms. The van der Waals surface area contributed by atoms with Crippen molar-refractivity contribution in [2.24, 2.45) is 5.10 Å². The van der Waals surface area contributed by atoms with E-state index in [0.29, 0.717) is 27.7 Å². The van der Waals surface area contributed by atoms with Crippen molar-refractivity contribution < 1.29 is 9.18 Å². The Morgan fingerprint density at radius 1 is 0.963 bits per heavy atom. The number of nitrogens with zero attached hydrogens (tertiary/aromatic N) is 2. The molecule has 5 heteroatoms. The first-order valence-corrected chi connectivity index (χ1v) is 9.40. The summed E-state index contributed by atoms with van der Waals surface area (Å²) in [4.78, 5) is 13.2. The van der Waals surface area contributed by atoms with Gasteiger partial charge in [0.15, 0.2) is 0 Å². The van der Waals surface area contributed by atoms with Crippen molar-refractivity contribution in [1.82, 2.24) is 5.01 Å². The summed E-state index contributed by atoms with van der Waals surface area (Å²) in [6.07, 6.45) is 0.459. The fraction of sp³-hybridized carbons (Fsp3) is 0.0909. The van der Waals surface area contributed by atoms with Gasteiger partial charge >= 0.3 is 0 Å². The zero-order valence-electron chi connectivity index (χ0n) is 14.3. The second kappa shape index (κ2) is 7.45. The van der Waals surface area contributed by atoms with E-state index in [2.05, 4.69) is 21.0 Å². The Kier molecular flexibility index (Phi) is 4.86. The Hall–Kier alpha value is -2.79. The molecule has 4 rings (SSSR count). The van der Waals surface area contributed by atoms with Gasteiger partial charge in [-0.05, 0) is 39.7 Å². The second-order valence-corrected chi connectivity index (χ2v) is 7.14. The first kappa shape index (κ1) is 17.6. The molecule has 1 heterocycles. The minimum absolute atomic E-state index is 0.220. The standard InChI is InChI=1S/C22H16BrFN2O/c23-18-12-6-4-10-16(18)22(27)26-21(15-8-2-1-3-9-15)14-20(25-26)17-11-5-7-13-19(17)24/h1-13,21H,14H2. The Morgan fingerprint density at radius 3 is 2.37 bits per heavy atom. The van der Waals surface area contributed by atoms with Gasteiger partial charge in [0.05, 0.1) is 17.3 Å². The van der Waals surface area contributed by atoms with Gasteiger partial charge in [0.1, 0.15) is 5.82 Å². The summed E-state index contributed by atoms with van der Waals surface area (Å²) in [5.41, 5.74) is 2.49. The molecule has 1 amide bonds. The van der Waals surface area contributed by atoms with Crippen molar-refractivity contribution in [2.45, 2.75) is 12.5 Å². The van der Waals surface area contributed by atoms with Crippen LogP contribution in [0, 0.1) is 5.82 Å². The normalized spacial score (nSPS) is 16.3. The molecular weight excluding hydrogens is 407 g/mol. The van der Waals surface area contributed by atoms with Crippen LogP contribution in [0.15, 0.2) is 88.4 Å².